The Bertz CT molecular complexity index is 1460. The van der Waals surface area contributed by atoms with Gasteiger partial charge < -0.3 is 19.1 Å². The van der Waals surface area contributed by atoms with Crippen LogP contribution in [0.25, 0.3) is 10.9 Å². The smallest absolute Gasteiger partial charge is 0.282 e. The largest absolute Gasteiger partial charge is 0.493 e. The van der Waals surface area contributed by atoms with Crippen LogP contribution in [-0.2, 0) is 14.9 Å². The maximum atomic E-state index is 13.5. The average molecular weight is 715 g/mol. The Kier molecular flexibility index (Phi) is 8.96. The summed E-state index contributed by atoms with van der Waals surface area (Å²) in [5.74, 6) is 1.18. The number of aromatic nitrogens is 2. The maximum Gasteiger partial charge on any atom is 0.282 e. The zero-order chi connectivity index (χ0) is 27.6. The first-order valence-electron chi connectivity index (χ1n) is 11.8. The molecule has 1 aliphatic heterocycles. The van der Waals surface area contributed by atoms with Gasteiger partial charge in [-0.15, -0.1) is 0 Å². The normalized spacial score (nSPS) is 14.3. The Morgan fingerprint density at radius 2 is 1.87 bits per heavy atom. The van der Waals surface area contributed by atoms with Gasteiger partial charge in [0.25, 0.3) is 11.5 Å². The number of hydrogen-bond acceptors (Lipinski definition) is 7. The number of amides is 1. The van der Waals surface area contributed by atoms with Crippen LogP contribution in [0.4, 0.5) is 0 Å². The third-order valence-electron chi connectivity index (χ3n) is 5.87. The van der Waals surface area contributed by atoms with Crippen molar-refractivity contribution < 1.29 is 19.0 Å². The highest BCUT2D eigenvalue weighted by atomic mass is 79.9. The van der Waals surface area contributed by atoms with E-state index in [0.29, 0.717) is 69.0 Å². The first-order valence-corrected chi connectivity index (χ1v) is 14.2. The van der Waals surface area contributed by atoms with Crippen LogP contribution in [-0.4, -0.2) is 66.7 Å². The standard InChI is InChI=1S/C26H27Br3N4O5/c1-26(2,3)25-31-18-6-5-16(27)12-17(18)24(35)33(25)30-13-15-11-19(36-4)23(22(29)21(15)28)38-14-20(34)32-7-9-37-10-8-32/h5-6,11-13H,7-10,14H2,1-4H3. The van der Waals surface area contributed by atoms with E-state index in [9.17, 15) is 9.59 Å². The fraction of sp³-hybridized carbons (Fsp3) is 0.385. The Morgan fingerprint density at radius 3 is 2.53 bits per heavy atom. The van der Waals surface area contributed by atoms with Crippen LogP contribution in [0.3, 0.4) is 0 Å². The van der Waals surface area contributed by atoms with Crippen LogP contribution in [0.2, 0.25) is 0 Å². The molecule has 1 fully saturated rings. The molecule has 4 rings (SSSR count). The molecule has 0 atom stereocenters. The number of carbonyl (C=O) groups is 1. The predicted molar refractivity (Wildman–Crippen MR) is 157 cm³/mol. The molecule has 0 N–H and O–H groups in total. The van der Waals surface area contributed by atoms with E-state index in [-0.39, 0.29) is 18.1 Å². The minimum Gasteiger partial charge on any atom is -0.493 e. The molecule has 1 amide bonds. The molecule has 202 valence electrons. The predicted octanol–water partition coefficient (Wildman–Crippen LogP) is 5.11. The van der Waals surface area contributed by atoms with Gasteiger partial charge in [-0.1, -0.05) is 36.7 Å². The van der Waals surface area contributed by atoms with Crippen molar-refractivity contribution in [2.45, 2.75) is 26.2 Å². The number of nitrogens with zero attached hydrogens (tertiary/aromatic N) is 4. The SMILES string of the molecule is COc1cc(C=Nn2c(C(C)(C)C)nc3ccc(Br)cc3c2=O)c(Br)c(Br)c1OCC(=O)N1CCOCC1. The molecule has 0 saturated carbocycles. The van der Waals surface area contributed by atoms with E-state index in [4.69, 9.17) is 19.2 Å². The summed E-state index contributed by atoms with van der Waals surface area (Å²) in [5.41, 5.74) is 0.508. The van der Waals surface area contributed by atoms with Crippen molar-refractivity contribution in [1.29, 1.82) is 0 Å². The quantitative estimate of drug-likeness (QED) is 0.330. The number of methoxy groups -OCH3 is 1. The molecule has 0 spiro atoms. The minimum absolute atomic E-state index is 0.131. The molecule has 38 heavy (non-hydrogen) atoms. The number of rotatable bonds is 6. The highest BCUT2D eigenvalue weighted by molar-refractivity contribution is 9.13. The van der Waals surface area contributed by atoms with Gasteiger partial charge in [0.2, 0.25) is 0 Å². The van der Waals surface area contributed by atoms with Crippen molar-refractivity contribution in [2.75, 3.05) is 40.0 Å². The monoisotopic (exact) mass is 712 g/mol. The van der Waals surface area contributed by atoms with Gasteiger partial charge >= 0.3 is 0 Å². The molecular weight excluding hydrogens is 688 g/mol. The molecule has 0 bridgehead atoms. The summed E-state index contributed by atoms with van der Waals surface area (Å²) in [6.07, 6.45) is 1.56. The van der Waals surface area contributed by atoms with Crippen molar-refractivity contribution in [3.05, 3.63) is 59.4 Å². The van der Waals surface area contributed by atoms with E-state index in [1.54, 1.807) is 23.2 Å². The van der Waals surface area contributed by atoms with Crippen LogP contribution >= 0.6 is 47.8 Å². The molecule has 1 aliphatic rings. The highest BCUT2D eigenvalue weighted by Crippen LogP contribution is 2.42. The molecule has 9 nitrogen and oxygen atoms in total. The number of benzene rings is 2. The zero-order valence-electron chi connectivity index (χ0n) is 21.4. The highest BCUT2D eigenvalue weighted by Gasteiger charge is 2.24. The van der Waals surface area contributed by atoms with Crippen LogP contribution in [0, 0.1) is 0 Å². The van der Waals surface area contributed by atoms with E-state index < -0.39 is 5.41 Å². The number of hydrogen-bond donors (Lipinski definition) is 0. The molecule has 3 aromatic rings. The molecule has 2 heterocycles. The summed E-state index contributed by atoms with van der Waals surface area (Å²) in [5, 5.41) is 5.00. The van der Waals surface area contributed by atoms with E-state index in [0.717, 1.165) is 4.47 Å². The van der Waals surface area contributed by atoms with E-state index in [1.165, 1.54) is 11.8 Å². The molecule has 2 aromatic carbocycles. The average Bonchev–Trinajstić information content (AvgIpc) is 2.89. The van der Waals surface area contributed by atoms with Crippen LogP contribution < -0.4 is 15.0 Å². The lowest BCUT2D eigenvalue weighted by Crippen LogP contribution is -2.43. The number of carbonyl (C=O) groups excluding carboxylic acids is 1. The van der Waals surface area contributed by atoms with Gasteiger partial charge in [0, 0.05) is 33.0 Å². The summed E-state index contributed by atoms with van der Waals surface area (Å²) < 4.78 is 20.0. The van der Waals surface area contributed by atoms with Gasteiger partial charge in [0.1, 0.15) is 5.82 Å². The summed E-state index contributed by atoms with van der Waals surface area (Å²) >= 11 is 10.6. The lowest BCUT2D eigenvalue weighted by Gasteiger charge is -2.27. The fourth-order valence-corrected chi connectivity index (χ4v) is 5.18. The van der Waals surface area contributed by atoms with Crippen molar-refractivity contribution in [3.8, 4) is 11.5 Å². The minimum atomic E-state index is -0.446. The van der Waals surface area contributed by atoms with Crippen molar-refractivity contribution >= 4 is 70.8 Å². The molecule has 1 saturated heterocycles. The summed E-state index contributed by atoms with van der Waals surface area (Å²) in [7, 11) is 1.51. The first-order chi connectivity index (χ1) is 18.0. The molecule has 1 aromatic heterocycles. The van der Waals surface area contributed by atoms with Crippen molar-refractivity contribution in [3.63, 3.8) is 0 Å². The Morgan fingerprint density at radius 1 is 1.16 bits per heavy atom. The summed E-state index contributed by atoms with van der Waals surface area (Å²) in [4.78, 5) is 32.5. The molecular formula is C26H27Br3N4O5. The second-order valence-electron chi connectivity index (χ2n) is 9.62. The second-order valence-corrected chi connectivity index (χ2v) is 12.1. The maximum absolute atomic E-state index is 13.5. The van der Waals surface area contributed by atoms with Gasteiger partial charge in [-0.2, -0.15) is 9.78 Å². The topological polar surface area (TPSA) is 95.2 Å². The molecule has 0 aliphatic carbocycles. The summed E-state index contributed by atoms with van der Waals surface area (Å²) in [6.45, 7) is 7.90. The lowest BCUT2D eigenvalue weighted by atomic mass is 9.95. The molecule has 0 radical (unpaired) electrons. The third-order valence-corrected chi connectivity index (χ3v) is 8.51. The fourth-order valence-electron chi connectivity index (χ4n) is 3.88. The number of morpholine rings is 1. The lowest BCUT2D eigenvalue weighted by molar-refractivity contribution is -0.137. The van der Waals surface area contributed by atoms with E-state index in [1.807, 2.05) is 32.9 Å². The number of halogens is 3. The van der Waals surface area contributed by atoms with E-state index >= 15 is 0 Å². The van der Waals surface area contributed by atoms with Crippen molar-refractivity contribution in [1.82, 2.24) is 14.6 Å². The van der Waals surface area contributed by atoms with Crippen molar-refractivity contribution in [2.24, 2.45) is 5.10 Å². The Hall–Kier alpha value is -2.28. The third kappa shape index (κ3) is 6.13. The van der Waals surface area contributed by atoms with Gasteiger partial charge in [0.05, 0.1) is 41.9 Å². The number of fused-ring (bicyclic) bond motifs is 1. The van der Waals surface area contributed by atoms with Crippen LogP contribution in [0.15, 0.2) is 47.6 Å². The molecule has 12 heteroatoms. The van der Waals surface area contributed by atoms with E-state index in [2.05, 4.69) is 52.9 Å². The number of ether oxygens (including phenoxy) is 3. The first kappa shape index (κ1) is 28.7. The molecule has 0 unspecified atom stereocenters. The van der Waals surface area contributed by atoms with Gasteiger partial charge in [-0.05, 0) is 56.1 Å². The summed E-state index contributed by atoms with van der Waals surface area (Å²) in [6, 6.07) is 7.13. The van der Waals surface area contributed by atoms with Gasteiger partial charge in [0.15, 0.2) is 18.1 Å². The second kappa shape index (κ2) is 11.8. The van der Waals surface area contributed by atoms with Crippen LogP contribution in [0.5, 0.6) is 11.5 Å². The Balaban J connectivity index is 1.70. The zero-order valence-corrected chi connectivity index (χ0v) is 26.1. The Labute approximate surface area is 245 Å². The van der Waals surface area contributed by atoms with Gasteiger partial charge in [-0.3, -0.25) is 9.59 Å². The van der Waals surface area contributed by atoms with Gasteiger partial charge in [-0.25, -0.2) is 4.98 Å². The van der Waals surface area contributed by atoms with Crippen LogP contribution in [0.1, 0.15) is 32.2 Å².